The molecular formula is C14H15N3O3. The zero-order valence-electron chi connectivity index (χ0n) is 11.1. The molecule has 6 nitrogen and oxygen atoms in total. The Kier molecular flexibility index (Phi) is 3.28. The van der Waals surface area contributed by atoms with Crippen molar-refractivity contribution in [1.29, 1.82) is 0 Å². The van der Waals surface area contributed by atoms with Gasteiger partial charge in [0.25, 0.3) is 5.91 Å². The van der Waals surface area contributed by atoms with E-state index in [1.165, 1.54) is 0 Å². The molecule has 104 valence electrons. The Balaban J connectivity index is 1.88. The number of amides is 1. The number of anilines is 1. The van der Waals surface area contributed by atoms with Crippen LogP contribution in [0.2, 0.25) is 0 Å². The van der Waals surface area contributed by atoms with Gasteiger partial charge in [-0.3, -0.25) is 9.89 Å². The van der Waals surface area contributed by atoms with Gasteiger partial charge in [0.2, 0.25) is 0 Å². The molecule has 0 aliphatic carbocycles. The predicted molar refractivity (Wildman–Crippen MR) is 73.4 cm³/mol. The maximum Gasteiger partial charge on any atom is 0.260 e. The molecule has 0 atom stereocenters. The number of nitrogens with one attached hydrogen (secondary N) is 2. The molecule has 6 heteroatoms. The molecule has 0 radical (unpaired) electrons. The zero-order chi connectivity index (χ0) is 13.9. The van der Waals surface area contributed by atoms with Crippen LogP contribution in [-0.2, 0) is 6.42 Å². The molecular weight excluding hydrogens is 258 g/mol. The average molecular weight is 273 g/mol. The summed E-state index contributed by atoms with van der Waals surface area (Å²) in [6.07, 6.45) is 2.49. The lowest BCUT2D eigenvalue weighted by Crippen LogP contribution is -2.20. The zero-order valence-corrected chi connectivity index (χ0v) is 11.1. The molecule has 3 rings (SSSR count). The number of H-pyrrole nitrogens is 1. The topological polar surface area (TPSA) is 76.2 Å². The van der Waals surface area contributed by atoms with Crippen LogP contribution >= 0.6 is 0 Å². The number of hydrogen-bond donors (Lipinski definition) is 2. The lowest BCUT2D eigenvalue weighted by molar-refractivity contribution is 0.101. The van der Waals surface area contributed by atoms with Gasteiger partial charge in [0.05, 0.1) is 11.8 Å². The van der Waals surface area contributed by atoms with Gasteiger partial charge in [-0.15, -0.1) is 0 Å². The summed E-state index contributed by atoms with van der Waals surface area (Å²) in [6.45, 7) is 2.95. The van der Waals surface area contributed by atoms with Crippen LogP contribution in [0.5, 0.6) is 11.5 Å². The van der Waals surface area contributed by atoms with Gasteiger partial charge in [-0.1, -0.05) is 13.0 Å². The van der Waals surface area contributed by atoms with Crippen LogP contribution in [0.1, 0.15) is 22.8 Å². The van der Waals surface area contributed by atoms with Gasteiger partial charge >= 0.3 is 0 Å². The minimum absolute atomic E-state index is 0.244. The summed E-state index contributed by atoms with van der Waals surface area (Å²) in [5, 5.41) is 9.53. The van der Waals surface area contributed by atoms with E-state index in [4.69, 9.17) is 9.47 Å². The second-order valence-electron chi connectivity index (χ2n) is 4.41. The van der Waals surface area contributed by atoms with E-state index in [0.29, 0.717) is 36.1 Å². The van der Waals surface area contributed by atoms with Crippen molar-refractivity contribution in [2.45, 2.75) is 13.3 Å². The van der Waals surface area contributed by atoms with Gasteiger partial charge in [0.15, 0.2) is 11.5 Å². The Hall–Kier alpha value is -2.50. The molecule has 1 aliphatic rings. The average Bonchev–Trinajstić information content (AvgIpc) is 2.93. The Bertz CT molecular complexity index is 636. The van der Waals surface area contributed by atoms with Gasteiger partial charge in [-0.2, -0.15) is 5.10 Å². The molecule has 0 spiro atoms. The van der Waals surface area contributed by atoms with Crippen LogP contribution in [0.15, 0.2) is 24.4 Å². The van der Waals surface area contributed by atoms with Gasteiger partial charge in [-0.25, -0.2) is 0 Å². The first-order valence-electron chi connectivity index (χ1n) is 6.51. The van der Waals surface area contributed by atoms with E-state index in [0.717, 1.165) is 12.0 Å². The lowest BCUT2D eigenvalue weighted by Gasteiger charge is -2.20. The normalized spacial score (nSPS) is 13.1. The second-order valence-corrected chi connectivity index (χ2v) is 4.41. The summed E-state index contributed by atoms with van der Waals surface area (Å²) in [7, 11) is 0. The van der Waals surface area contributed by atoms with E-state index >= 15 is 0 Å². The first kappa shape index (κ1) is 12.5. The number of aromatic amines is 1. The maximum atomic E-state index is 12.4. The molecule has 1 aliphatic heterocycles. The third-order valence-electron chi connectivity index (χ3n) is 3.15. The quantitative estimate of drug-likeness (QED) is 0.896. The van der Waals surface area contributed by atoms with E-state index in [9.17, 15) is 4.79 Å². The molecule has 0 unspecified atom stereocenters. The van der Waals surface area contributed by atoms with E-state index in [1.807, 2.05) is 6.92 Å². The summed E-state index contributed by atoms with van der Waals surface area (Å²) in [6, 6.07) is 5.28. The molecule has 0 fully saturated rings. The molecule has 2 aromatic rings. The summed E-state index contributed by atoms with van der Waals surface area (Å²) in [4.78, 5) is 12.4. The van der Waals surface area contributed by atoms with E-state index in [-0.39, 0.29) is 5.91 Å². The highest BCUT2D eigenvalue weighted by Gasteiger charge is 2.21. The van der Waals surface area contributed by atoms with Gasteiger partial charge in [0.1, 0.15) is 19.0 Å². The summed E-state index contributed by atoms with van der Waals surface area (Å²) < 4.78 is 11.0. The molecule has 20 heavy (non-hydrogen) atoms. The first-order chi connectivity index (χ1) is 9.79. The number of carbonyl (C=O) groups excluding carboxylic acids is 1. The van der Waals surface area contributed by atoms with E-state index < -0.39 is 0 Å². The number of hydrogen-bond acceptors (Lipinski definition) is 4. The number of benzene rings is 1. The van der Waals surface area contributed by atoms with Crippen molar-refractivity contribution in [1.82, 2.24) is 10.2 Å². The fourth-order valence-electron chi connectivity index (χ4n) is 2.12. The van der Waals surface area contributed by atoms with Crippen LogP contribution in [0.25, 0.3) is 0 Å². The fourth-order valence-corrected chi connectivity index (χ4v) is 2.12. The second kappa shape index (κ2) is 5.24. The summed E-state index contributed by atoms with van der Waals surface area (Å²) in [5.74, 6) is 1.47. The molecule has 0 saturated heterocycles. The number of rotatable bonds is 3. The number of nitrogens with zero attached hydrogens (tertiary/aromatic N) is 1. The smallest absolute Gasteiger partial charge is 0.260 e. The van der Waals surface area contributed by atoms with Crippen molar-refractivity contribution < 1.29 is 14.3 Å². The summed E-state index contributed by atoms with van der Waals surface area (Å²) in [5.41, 5.74) is 1.42. The molecule has 1 aromatic carbocycles. The molecule has 2 heterocycles. The Morgan fingerprint density at radius 1 is 1.40 bits per heavy atom. The number of para-hydroxylation sites is 1. The van der Waals surface area contributed by atoms with Crippen molar-refractivity contribution in [3.8, 4) is 11.5 Å². The minimum atomic E-state index is -0.244. The number of carbonyl (C=O) groups is 1. The minimum Gasteiger partial charge on any atom is -0.486 e. The first-order valence-corrected chi connectivity index (χ1v) is 6.51. The van der Waals surface area contributed by atoms with Gasteiger partial charge in [0, 0.05) is 5.56 Å². The van der Waals surface area contributed by atoms with Crippen molar-refractivity contribution in [3.05, 3.63) is 35.5 Å². The largest absolute Gasteiger partial charge is 0.486 e. The van der Waals surface area contributed by atoms with Gasteiger partial charge < -0.3 is 14.8 Å². The standard InChI is InChI=1S/C14H15N3O3/c1-2-9-8-15-17-13(9)16-14(18)10-4-3-5-11-12(10)20-7-6-19-11/h3-5,8H,2,6-7H2,1H3,(H2,15,16,17,18). The van der Waals surface area contributed by atoms with Crippen LogP contribution in [-0.4, -0.2) is 29.3 Å². The lowest BCUT2D eigenvalue weighted by atomic mass is 10.1. The SMILES string of the molecule is CCc1cn[nH]c1NC(=O)c1cccc2c1OCCO2. The molecule has 1 amide bonds. The van der Waals surface area contributed by atoms with Crippen molar-refractivity contribution in [3.63, 3.8) is 0 Å². The van der Waals surface area contributed by atoms with Crippen LogP contribution in [0.3, 0.4) is 0 Å². The third kappa shape index (κ3) is 2.20. The summed E-state index contributed by atoms with van der Waals surface area (Å²) >= 11 is 0. The number of ether oxygens (including phenoxy) is 2. The third-order valence-corrected chi connectivity index (χ3v) is 3.15. The molecule has 1 aromatic heterocycles. The highest BCUT2D eigenvalue weighted by molar-refractivity contribution is 6.06. The number of aromatic nitrogens is 2. The fraction of sp³-hybridized carbons (Fsp3) is 0.286. The maximum absolute atomic E-state index is 12.4. The van der Waals surface area contributed by atoms with Crippen LogP contribution in [0, 0.1) is 0 Å². The molecule has 0 saturated carbocycles. The number of aryl methyl sites for hydroxylation is 1. The van der Waals surface area contributed by atoms with E-state index in [1.54, 1.807) is 24.4 Å². The van der Waals surface area contributed by atoms with Gasteiger partial charge in [-0.05, 0) is 18.6 Å². The van der Waals surface area contributed by atoms with E-state index in [2.05, 4.69) is 15.5 Å². The highest BCUT2D eigenvalue weighted by atomic mass is 16.6. The van der Waals surface area contributed by atoms with Crippen LogP contribution < -0.4 is 14.8 Å². The Morgan fingerprint density at radius 2 is 2.25 bits per heavy atom. The van der Waals surface area contributed by atoms with Crippen molar-refractivity contribution in [2.75, 3.05) is 18.5 Å². The van der Waals surface area contributed by atoms with Crippen LogP contribution in [0.4, 0.5) is 5.82 Å². The molecule has 2 N–H and O–H groups in total. The van der Waals surface area contributed by atoms with Crippen molar-refractivity contribution in [2.24, 2.45) is 0 Å². The van der Waals surface area contributed by atoms with Crippen molar-refractivity contribution >= 4 is 11.7 Å². The monoisotopic (exact) mass is 273 g/mol. The molecule has 0 bridgehead atoms. The Morgan fingerprint density at radius 3 is 3.10 bits per heavy atom. The predicted octanol–water partition coefficient (Wildman–Crippen LogP) is 2.00. The number of fused-ring (bicyclic) bond motifs is 1. The highest BCUT2D eigenvalue weighted by Crippen LogP contribution is 2.33. The Labute approximate surface area is 116 Å².